The van der Waals surface area contributed by atoms with Gasteiger partial charge in [-0.05, 0) is 85.7 Å². The molecule has 4 aliphatic rings. The van der Waals surface area contributed by atoms with Crippen molar-refractivity contribution in [1.82, 2.24) is 0 Å². The number of rotatable bonds is 6. The van der Waals surface area contributed by atoms with E-state index in [9.17, 15) is 0 Å². The van der Waals surface area contributed by atoms with Gasteiger partial charge in [-0.1, -0.05) is 43.0 Å². The number of allylic oxidation sites excluding steroid dienone is 5. The standard InChI is InChI=1S/C36H40O6/c1-25-30-23-28(40-32-11-3-5-21-38-32)17-18-31(30)42-35(27-15-13-26(14-16-27)9-8-20-37)34(25)36(2)19-7-10-29(24-36)41-33-12-4-6-22-39-33/h7,10,13-19,23,32-33,35,37H,3-6,11-12,20-22,24H2,1-2H3. The summed E-state index contributed by atoms with van der Waals surface area (Å²) in [5, 5.41) is 9.11. The van der Waals surface area contributed by atoms with Crippen LogP contribution in [0.1, 0.15) is 81.6 Å². The van der Waals surface area contributed by atoms with E-state index in [2.05, 4.69) is 62.1 Å². The second-order valence-corrected chi connectivity index (χ2v) is 11.7. The highest BCUT2D eigenvalue weighted by molar-refractivity contribution is 5.77. The highest BCUT2D eigenvalue weighted by atomic mass is 16.7. The topological polar surface area (TPSA) is 66.4 Å². The molecule has 6 heteroatoms. The van der Waals surface area contributed by atoms with Gasteiger partial charge in [-0.2, -0.15) is 0 Å². The first kappa shape index (κ1) is 28.6. The van der Waals surface area contributed by atoms with Crippen molar-refractivity contribution in [1.29, 1.82) is 0 Å². The quantitative estimate of drug-likeness (QED) is 0.371. The Morgan fingerprint density at radius 1 is 0.952 bits per heavy atom. The Morgan fingerprint density at radius 2 is 1.69 bits per heavy atom. The van der Waals surface area contributed by atoms with Crippen LogP contribution in [-0.2, 0) is 14.2 Å². The molecule has 2 fully saturated rings. The number of ether oxygens (including phenoxy) is 5. The highest BCUT2D eigenvalue weighted by Gasteiger charge is 2.41. The summed E-state index contributed by atoms with van der Waals surface area (Å²) in [5.74, 6) is 8.26. The lowest BCUT2D eigenvalue weighted by molar-refractivity contribution is -0.141. The molecule has 3 heterocycles. The van der Waals surface area contributed by atoms with Crippen molar-refractivity contribution in [2.24, 2.45) is 5.41 Å². The smallest absolute Gasteiger partial charge is 0.199 e. The van der Waals surface area contributed by atoms with E-state index in [0.717, 1.165) is 85.7 Å². The average molecular weight is 569 g/mol. The maximum Gasteiger partial charge on any atom is 0.199 e. The van der Waals surface area contributed by atoms with E-state index < -0.39 is 0 Å². The first-order chi connectivity index (χ1) is 20.5. The van der Waals surface area contributed by atoms with Crippen LogP contribution in [0.25, 0.3) is 5.57 Å². The van der Waals surface area contributed by atoms with Crippen molar-refractivity contribution in [2.75, 3.05) is 19.8 Å². The maximum absolute atomic E-state index is 9.11. The van der Waals surface area contributed by atoms with Gasteiger partial charge in [-0.3, -0.25) is 0 Å². The summed E-state index contributed by atoms with van der Waals surface area (Å²) in [6, 6.07) is 14.2. The lowest BCUT2D eigenvalue weighted by Crippen LogP contribution is -2.31. The van der Waals surface area contributed by atoms with Gasteiger partial charge in [0.25, 0.3) is 0 Å². The fraction of sp³-hybridized carbons (Fsp3) is 0.444. The minimum atomic E-state index is -0.357. The molecular formula is C36H40O6. The van der Waals surface area contributed by atoms with Crippen molar-refractivity contribution in [3.8, 4) is 23.3 Å². The molecule has 0 amide bonds. The molecule has 6 rings (SSSR count). The van der Waals surface area contributed by atoms with Crippen molar-refractivity contribution in [3.63, 3.8) is 0 Å². The Morgan fingerprint density at radius 3 is 2.38 bits per heavy atom. The second-order valence-electron chi connectivity index (χ2n) is 11.7. The van der Waals surface area contributed by atoms with Gasteiger partial charge in [-0.25, -0.2) is 0 Å². The predicted octanol–water partition coefficient (Wildman–Crippen LogP) is 7.24. The Bertz CT molecular complexity index is 1410. The zero-order chi connectivity index (χ0) is 28.9. The van der Waals surface area contributed by atoms with Gasteiger partial charge in [0.1, 0.15) is 30.0 Å². The summed E-state index contributed by atoms with van der Waals surface area (Å²) < 4.78 is 31.2. The van der Waals surface area contributed by atoms with Crippen LogP contribution in [0.4, 0.5) is 0 Å². The van der Waals surface area contributed by atoms with Crippen molar-refractivity contribution in [2.45, 2.75) is 77.5 Å². The third kappa shape index (κ3) is 6.29. The minimum absolute atomic E-state index is 0.163. The fourth-order valence-electron chi connectivity index (χ4n) is 6.39. The minimum Gasteiger partial charge on any atom is -0.481 e. The van der Waals surface area contributed by atoms with Crippen LogP contribution < -0.4 is 9.47 Å². The number of hydrogen-bond acceptors (Lipinski definition) is 6. The van der Waals surface area contributed by atoms with Gasteiger partial charge in [0.05, 0.1) is 13.2 Å². The number of aliphatic hydroxyl groups excluding tert-OH is 1. The normalized spacial score (nSPS) is 27.2. The molecule has 2 aromatic carbocycles. The van der Waals surface area contributed by atoms with E-state index in [1.807, 2.05) is 24.3 Å². The molecule has 42 heavy (non-hydrogen) atoms. The van der Waals surface area contributed by atoms with Crippen molar-refractivity contribution < 1.29 is 28.8 Å². The first-order valence-corrected chi connectivity index (χ1v) is 15.2. The van der Waals surface area contributed by atoms with Gasteiger partial charge in [0.15, 0.2) is 12.6 Å². The molecule has 4 unspecified atom stereocenters. The second kappa shape index (κ2) is 12.8. The molecule has 0 saturated carbocycles. The van der Waals surface area contributed by atoms with Gasteiger partial charge in [0.2, 0.25) is 0 Å². The SMILES string of the molecule is CC1=C(C2(C)C=CC=C(OC3CCCCO3)C2)C(c2ccc(C#CCO)cc2)Oc2ccc(OC3CCCCO3)cc21. The number of aliphatic hydroxyl groups is 1. The van der Waals surface area contributed by atoms with Gasteiger partial charge >= 0.3 is 0 Å². The summed E-state index contributed by atoms with van der Waals surface area (Å²) in [6.07, 6.45) is 12.6. The Labute approximate surface area is 249 Å². The van der Waals surface area contributed by atoms with E-state index in [0.29, 0.717) is 6.42 Å². The number of hydrogen-bond donors (Lipinski definition) is 1. The van der Waals surface area contributed by atoms with E-state index in [1.165, 1.54) is 11.1 Å². The van der Waals surface area contributed by atoms with Crippen LogP contribution in [0.2, 0.25) is 0 Å². The van der Waals surface area contributed by atoms with Gasteiger partial charge in [-0.15, -0.1) is 0 Å². The highest BCUT2D eigenvalue weighted by Crippen LogP contribution is 2.53. The summed E-state index contributed by atoms with van der Waals surface area (Å²) >= 11 is 0. The monoisotopic (exact) mass is 568 g/mol. The Kier molecular flexibility index (Phi) is 8.71. The van der Waals surface area contributed by atoms with Crippen LogP contribution in [0.15, 0.2) is 72.0 Å². The summed E-state index contributed by atoms with van der Waals surface area (Å²) in [6.45, 7) is 5.77. The van der Waals surface area contributed by atoms with Crippen molar-refractivity contribution in [3.05, 3.63) is 88.7 Å². The molecule has 0 aromatic heterocycles. The summed E-state index contributed by atoms with van der Waals surface area (Å²) in [7, 11) is 0. The Balaban J connectivity index is 1.35. The van der Waals surface area contributed by atoms with E-state index in [1.54, 1.807) is 0 Å². The molecule has 2 saturated heterocycles. The van der Waals surface area contributed by atoms with Crippen LogP contribution in [0, 0.1) is 17.3 Å². The summed E-state index contributed by atoms with van der Waals surface area (Å²) in [4.78, 5) is 0. The largest absolute Gasteiger partial charge is 0.481 e. The molecule has 0 spiro atoms. The van der Waals surface area contributed by atoms with Crippen LogP contribution in [0.3, 0.4) is 0 Å². The predicted molar refractivity (Wildman–Crippen MR) is 162 cm³/mol. The zero-order valence-electron chi connectivity index (χ0n) is 24.6. The lowest BCUT2D eigenvalue weighted by atomic mass is 9.69. The number of fused-ring (bicyclic) bond motifs is 1. The van der Waals surface area contributed by atoms with Gasteiger partial charge in [0, 0.05) is 35.8 Å². The maximum atomic E-state index is 9.11. The van der Waals surface area contributed by atoms with E-state index in [-0.39, 0.29) is 30.7 Å². The van der Waals surface area contributed by atoms with Crippen molar-refractivity contribution >= 4 is 5.57 Å². The number of benzene rings is 2. The zero-order valence-corrected chi connectivity index (χ0v) is 24.6. The van der Waals surface area contributed by atoms with Gasteiger partial charge < -0.3 is 28.8 Å². The third-order valence-electron chi connectivity index (χ3n) is 8.52. The lowest BCUT2D eigenvalue weighted by Gasteiger charge is -2.41. The van der Waals surface area contributed by atoms with Crippen LogP contribution in [0.5, 0.6) is 11.5 Å². The first-order valence-electron chi connectivity index (χ1n) is 15.2. The fourth-order valence-corrected chi connectivity index (χ4v) is 6.39. The molecular weight excluding hydrogens is 528 g/mol. The molecule has 0 radical (unpaired) electrons. The summed E-state index contributed by atoms with van der Waals surface area (Å²) in [5.41, 5.74) is 4.93. The molecule has 6 nitrogen and oxygen atoms in total. The molecule has 1 aliphatic carbocycles. The van der Waals surface area contributed by atoms with Crippen LogP contribution >= 0.6 is 0 Å². The molecule has 4 atom stereocenters. The molecule has 220 valence electrons. The van der Waals surface area contributed by atoms with Crippen LogP contribution in [-0.4, -0.2) is 37.5 Å². The molecule has 2 aromatic rings. The molecule has 1 N–H and O–H groups in total. The third-order valence-corrected chi connectivity index (χ3v) is 8.52. The van der Waals surface area contributed by atoms with E-state index >= 15 is 0 Å². The molecule has 3 aliphatic heterocycles. The average Bonchev–Trinajstić information content (AvgIpc) is 3.01. The Hall–Kier alpha value is -3.50. The molecule has 0 bridgehead atoms. The van der Waals surface area contributed by atoms with E-state index in [4.69, 9.17) is 28.8 Å².